The third-order valence-electron chi connectivity index (χ3n) is 7.51. The van der Waals surface area contributed by atoms with Gasteiger partial charge in [0.25, 0.3) is 0 Å². The van der Waals surface area contributed by atoms with Crippen molar-refractivity contribution in [1.82, 2.24) is 0 Å². The Bertz CT molecular complexity index is 952. The van der Waals surface area contributed by atoms with E-state index in [1.54, 1.807) is 6.92 Å². The maximum atomic E-state index is 12.0. The lowest BCUT2D eigenvalue weighted by molar-refractivity contribution is -0.149. The molecule has 1 aliphatic carbocycles. The van der Waals surface area contributed by atoms with E-state index >= 15 is 0 Å². The average molecular weight is 476 g/mol. The van der Waals surface area contributed by atoms with Gasteiger partial charge in [-0.1, -0.05) is 69.0 Å². The Morgan fingerprint density at radius 2 is 1.54 bits per heavy atom. The Balaban J connectivity index is 1.48. The number of esters is 1. The summed E-state index contributed by atoms with van der Waals surface area (Å²) < 4.78 is 10.8. The number of carbonyl (C=O) groups excluding carboxylic acids is 1. The van der Waals surface area contributed by atoms with E-state index in [1.807, 2.05) is 0 Å². The molecule has 1 saturated carbocycles. The lowest BCUT2D eigenvalue weighted by Gasteiger charge is -2.32. The largest absolute Gasteiger partial charge is 0.494 e. The number of nitriles is 1. The van der Waals surface area contributed by atoms with Gasteiger partial charge in [0.2, 0.25) is 0 Å². The first-order chi connectivity index (χ1) is 17.0. The Labute approximate surface area is 211 Å². The molecule has 0 saturated heterocycles. The van der Waals surface area contributed by atoms with E-state index in [-0.39, 0.29) is 0 Å². The average Bonchev–Trinajstić information content (AvgIpc) is 2.91. The molecular formula is C31H41NO3. The molecule has 1 fully saturated rings. The van der Waals surface area contributed by atoms with Crippen LogP contribution < -0.4 is 4.74 Å². The van der Waals surface area contributed by atoms with E-state index in [2.05, 4.69) is 61.5 Å². The number of unbranched alkanes of at least 4 members (excludes halogenated alkanes) is 4. The van der Waals surface area contributed by atoms with Crippen molar-refractivity contribution in [3.63, 3.8) is 0 Å². The molecule has 2 aromatic rings. The zero-order valence-electron chi connectivity index (χ0n) is 21.7. The Morgan fingerprint density at radius 1 is 0.943 bits per heavy atom. The van der Waals surface area contributed by atoms with Crippen LogP contribution in [0, 0.1) is 22.7 Å². The van der Waals surface area contributed by atoms with E-state index in [0.29, 0.717) is 18.3 Å². The minimum absolute atomic E-state index is 0.395. The summed E-state index contributed by atoms with van der Waals surface area (Å²) in [4.78, 5) is 12.0. The lowest BCUT2D eigenvalue weighted by Crippen LogP contribution is -2.31. The van der Waals surface area contributed by atoms with E-state index < -0.39 is 11.4 Å². The third-order valence-corrected chi connectivity index (χ3v) is 7.51. The SMILES string of the molecule is CCCCCCCOc1ccc(-c2ccc(C3CCC(CC(C)(C#N)C(=O)OC)CC3)cc2)cc1. The fraction of sp³-hybridized carbons (Fsp3) is 0.548. The molecule has 0 bridgehead atoms. The van der Waals surface area contributed by atoms with Gasteiger partial charge in [-0.2, -0.15) is 5.26 Å². The predicted octanol–water partition coefficient (Wildman–Crippen LogP) is 8.07. The third kappa shape index (κ3) is 7.59. The summed E-state index contributed by atoms with van der Waals surface area (Å²) in [5, 5.41) is 9.50. The molecule has 0 spiro atoms. The van der Waals surface area contributed by atoms with Gasteiger partial charge in [0.1, 0.15) is 5.75 Å². The summed E-state index contributed by atoms with van der Waals surface area (Å²) in [6, 6.07) is 19.6. The second-order valence-electron chi connectivity index (χ2n) is 10.3. The number of methoxy groups -OCH3 is 1. The minimum Gasteiger partial charge on any atom is -0.494 e. The van der Waals surface area contributed by atoms with Crippen LogP contribution in [0.2, 0.25) is 0 Å². The maximum Gasteiger partial charge on any atom is 0.325 e. The highest BCUT2D eigenvalue weighted by Crippen LogP contribution is 2.41. The number of carbonyl (C=O) groups is 1. The van der Waals surface area contributed by atoms with Crippen LogP contribution in [0.25, 0.3) is 11.1 Å². The molecular weight excluding hydrogens is 434 g/mol. The van der Waals surface area contributed by atoms with Crippen molar-refractivity contribution < 1.29 is 14.3 Å². The molecule has 3 rings (SSSR count). The highest BCUT2D eigenvalue weighted by Gasteiger charge is 2.38. The summed E-state index contributed by atoms with van der Waals surface area (Å²) in [7, 11) is 1.36. The van der Waals surface area contributed by atoms with Gasteiger partial charge >= 0.3 is 5.97 Å². The van der Waals surface area contributed by atoms with Gasteiger partial charge in [-0.05, 0) is 86.1 Å². The molecule has 0 aliphatic heterocycles. The number of benzene rings is 2. The number of hydrogen-bond donors (Lipinski definition) is 0. The molecule has 1 aliphatic rings. The maximum absolute atomic E-state index is 12.0. The van der Waals surface area contributed by atoms with Gasteiger partial charge in [-0.15, -0.1) is 0 Å². The predicted molar refractivity (Wildman–Crippen MR) is 141 cm³/mol. The van der Waals surface area contributed by atoms with Crippen molar-refractivity contribution in [2.45, 2.75) is 84.0 Å². The zero-order valence-corrected chi connectivity index (χ0v) is 21.7. The Hall–Kier alpha value is -2.80. The van der Waals surface area contributed by atoms with Crippen molar-refractivity contribution in [2.75, 3.05) is 13.7 Å². The molecule has 0 heterocycles. The molecule has 188 valence electrons. The number of nitrogens with zero attached hydrogens (tertiary/aromatic N) is 1. The molecule has 35 heavy (non-hydrogen) atoms. The van der Waals surface area contributed by atoms with Crippen molar-refractivity contribution >= 4 is 5.97 Å². The molecule has 4 nitrogen and oxygen atoms in total. The van der Waals surface area contributed by atoms with E-state index in [1.165, 1.54) is 49.5 Å². The van der Waals surface area contributed by atoms with Crippen molar-refractivity contribution in [3.05, 3.63) is 54.1 Å². The van der Waals surface area contributed by atoms with Crippen LogP contribution in [0.4, 0.5) is 0 Å². The minimum atomic E-state index is -1.04. The quantitative estimate of drug-likeness (QED) is 0.230. The molecule has 2 aromatic carbocycles. The van der Waals surface area contributed by atoms with Gasteiger partial charge < -0.3 is 9.47 Å². The summed E-state index contributed by atoms with van der Waals surface area (Å²) in [5.74, 6) is 1.46. The molecule has 4 heteroatoms. The fourth-order valence-corrected chi connectivity index (χ4v) is 5.26. The van der Waals surface area contributed by atoms with Gasteiger partial charge in [-0.25, -0.2) is 0 Å². The zero-order chi connectivity index (χ0) is 25.1. The molecule has 0 aromatic heterocycles. The first kappa shape index (κ1) is 26.8. The molecule has 0 amide bonds. The van der Waals surface area contributed by atoms with Gasteiger partial charge in [0.15, 0.2) is 5.41 Å². The number of rotatable bonds is 12. The van der Waals surface area contributed by atoms with E-state index in [0.717, 1.165) is 44.5 Å². The summed E-state index contributed by atoms with van der Waals surface area (Å²) in [5.41, 5.74) is 2.76. The smallest absolute Gasteiger partial charge is 0.325 e. The van der Waals surface area contributed by atoms with Crippen LogP contribution in [0.1, 0.15) is 89.5 Å². The summed E-state index contributed by atoms with van der Waals surface area (Å²) in [6.45, 7) is 4.73. The second-order valence-corrected chi connectivity index (χ2v) is 10.3. The lowest BCUT2D eigenvalue weighted by atomic mass is 9.72. The number of hydrogen-bond acceptors (Lipinski definition) is 4. The van der Waals surface area contributed by atoms with E-state index in [4.69, 9.17) is 9.47 Å². The number of ether oxygens (including phenoxy) is 2. The fourth-order valence-electron chi connectivity index (χ4n) is 5.26. The molecule has 1 atom stereocenters. The monoisotopic (exact) mass is 475 g/mol. The Morgan fingerprint density at radius 3 is 2.11 bits per heavy atom. The van der Waals surface area contributed by atoms with Crippen LogP contribution in [0.15, 0.2) is 48.5 Å². The van der Waals surface area contributed by atoms with Crippen molar-refractivity contribution in [1.29, 1.82) is 5.26 Å². The molecule has 1 unspecified atom stereocenters. The standard InChI is InChI=1S/C31H41NO3/c1-4-5-6-7-8-21-35-29-19-17-28(18-20-29)27-15-13-26(14-16-27)25-11-9-24(10-12-25)22-31(2,23-32)30(33)34-3/h13-20,24-25H,4-12,21-22H2,1-3H3. The first-order valence-corrected chi connectivity index (χ1v) is 13.3. The van der Waals surface area contributed by atoms with Crippen LogP contribution in [0.5, 0.6) is 5.75 Å². The summed E-state index contributed by atoms with van der Waals surface area (Å²) in [6.07, 6.45) is 11.1. The molecule has 0 radical (unpaired) electrons. The topological polar surface area (TPSA) is 59.3 Å². The van der Waals surface area contributed by atoms with Crippen molar-refractivity contribution in [2.24, 2.45) is 11.3 Å². The highest BCUT2D eigenvalue weighted by atomic mass is 16.5. The Kier molecular flexibility index (Phi) is 10.2. The van der Waals surface area contributed by atoms with Crippen LogP contribution >= 0.6 is 0 Å². The highest BCUT2D eigenvalue weighted by molar-refractivity contribution is 5.79. The van der Waals surface area contributed by atoms with Crippen molar-refractivity contribution in [3.8, 4) is 22.9 Å². The van der Waals surface area contributed by atoms with Gasteiger partial charge in [0.05, 0.1) is 19.8 Å². The molecule has 0 N–H and O–H groups in total. The normalized spacial score (nSPS) is 19.4. The second kappa shape index (κ2) is 13.3. The van der Waals surface area contributed by atoms with E-state index in [9.17, 15) is 10.1 Å². The first-order valence-electron chi connectivity index (χ1n) is 13.3. The van der Waals surface area contributed by atoms with Crippen LogP contribution in [0.3, 0.4) is 0 Å². The van der Waals surface area contributed by atoms with Crippen LogP contribution in [-0.4, -0.2) is 19.7 Å². The van der Waals surface area contributed by atoms with Gasteiger partial charge in [-0.3, -0.25) is 4.79 Å². The van der Waals surface area contributed by atoms with Crippen LogP contribution in [-0.2, 0) is 9.53 Å². The summed E-state index contributed by atoms with van der Waals surface area (Å²) >= 11 is 0. The van der Waals surface area contributed by atoms with Gasteiger partial charge in [0, 0.05) is 0 Å².